The summed E-state index contributed by atoms with van der Waals surface area (Å²) in [5, 5.41) is 47.8. The lowest BCUT2D eigenvalue weighted by molar-refractivity contribution is 0.0959. The molecule has 20 nitrogen and oxygen atoms in total. The van der Waals surface area contributed by atoms with Gasteiger partial charge in [0, 0.05) is 74.9 Å². The van der Waals surface area contributed by atoms with Crippen LogP contribution in [0.3, 0.4) is 0 Å². The molecule has 0 atom stereocenters. The van der Waals surface area contributed by atoms with Gasteiger partial charge >= 0.3 is 0 Å². The first-order valence-electron chi connectivity index (χ1n) is 34.7. The molecule has 0 amide bonds. The predicted molar refractivity (Wildman–Crippen MR) is 425 cm³/mol. The van der Waals surface area contributed by atoms with Crippen molar-refractivity contribution in [3.63, 3.8) is 0 Å². The molecule has 25 heteroatoms. The van der Waals surface area contributed by atoms with E-state index in [9.17, 15) is 34.5 Å². The minimum atomic E-state index is -0.153. The van der Waals surface area contributed by atoms with E-state index >= 15 is 0 Å². The van der Waals surface area contributed by atoms with Crippen molar-refractivity contribution in [1.82, 2.24) is 15.1 Å². The van der Waals surface area contributed by atoms with E-state index in [0.29, 0.717) is 86.7 Å². The highest BCUT2D eigenvalue weighted by Gasteiger charge is 2.36. The quantitative estimate of drug-likeness (QED) is 0.0445. The van der Waals surface area contributed by atoms with Crippen LogP contribution in [-0.2, 0) is 43.5 Å². The molecule has 2 saturated heterocycles. The number of fused-ring (bicyclic) bond motifs is 8. The van der Waals surface area contributed by atoms with Gasteiger partial charge in [-0.15, -0.1) is 0 Å². The van der Waals surface area contributed by atoms with Crippen molar-refractivity contribution in [3.8, 4) is 46.0 Å². The summed E-state index contributed by atoms with van der Waals surface area (Å²) < 4.78 is 34.6. The summed E-state index contributed by atoms with van der Waals surface area (Å²) in [5.74, 6) is 3.95. The van der Waals surface area contributed by atoms with Gasteiger partial charge in [0.15, 0.2) is 23.9 Å². The third-order valence-electron chi connectivity index (χ3n) is 19.3. The number of Topliss-reactive ketones (excluding diaryl/α,β-unsaturated/α-hetero) is 4. The molecule has 0 spiro atoms. The van der Waals surface area contributed by atoms with Crippen LogP contribution in [0, 0.1) is 5.53 Å². The molecule has 0 unspecified atom stereocenters. The second kappa shape index (κ2) is 34.6. The molecule has 6 N–H and O–H groups in total. The second-order valence-electron chi connectivity index (χ2n) is 26.2. The topological polar surface area (TPSA) is 275 Å². The van der Waals surface area contributed by atoms with Gasteiger partial charge in [-0.2, -0.15) is 5.53 Å². The lowest BCUT2D eigenvalue weighted by atomic mass is 10.0. The first-order chi connectivity index (χ1) is 52.3. The Labute approximate surface area is 661 Å². The normalized spacial score (nSPS) is 17.6. The summed E-state index contributed by atoms with van der Waals surface area (Å²) in [4.78, 5) is 53.9. The smallest absolute Gasteiger partial charge is 0.231 e. The van der Waals surface area contributed by atoms with E-state index in [4.69, 9.17) is 34.3 Å². The first-order valence-corrected chi connectivity index (χ1v) is 38.2. The molecule has 0 bridgehead atoms. The van der Waals surface area contributed by atoms with E-state index in [2.05, 4.69) is 179 Å². The summed E-state index contributed by atoms with van der Waals surface area (Å²) in [5.41, 5.74) is 22.0. The minimum Gasteiger partial charge on any atom is -0.508 e. The number of nitrogens with zero attached hydrogens (tertiary/aromatic N) is 5. The zero-order valence-corrected chi connectivity index (χ0v) is 65.2. The fourth-order valence-corrected chi connectivity index (χ4v) is 15.4. The number of nitrogens with one attached hydrogen (secondary N) is 2. The molecule has 8 aromatic carbocycles. The number of benzene rings is 8. The first kappa shape index (κ1) is 76.3. The van der Waals surface area contributed by atoms with Crippen LogP contribution in [0.2, 0.25) is 0 Å². The maximum absolute atomic E-state index is 13.0. The third kappa shape index (κ3) is 17.5. The van der Waals surface area contributed by atoms with E-state index in [-0.39, 0.29) is 52.7 Å². The van der Waals surface area contributed by atoms with E-state index in [1.165, 1.54) is 71.3 Å². The molecule has 550 valence electrons. The number of likely N-dealkylation sites (tertiary alicyclic amines) is 1. The van der Waals surface area contributed by atoms with Crippen molar-refractivity contribution in [1.29, 1.82) is 5.53 Å². The highest BCUT2D eigenvalue weighted by molar-refractivity contribution is 9.11. The van der Waals surface area contributed by atoms with Gasteiger partial charge in [-0.25, -0.2) is 0 Å². The largest absolute Gasteiger partial charge is 0.508 e. The summed E-state index contributed by atoms with van der Waals surface area (Å²) in [7, 11) is 1.71. The number of rotatable bonds is 9. The molecule has 10 aliphatic rings. The average Bonchev–Trinajstić information content (AvgIpc) is 1.62. The number of ketones is 4. The van der Waals surface area contributed by atoms with E-state index in [1.807, 2.05) is 36.4 Å². The van der Waals surface area contributed by atoms with Crippen molar-refractivity contribution in [3.05, 3.63) is 289 Å². The summed E-state index contributed by atoms with van der Waals surface area (Å²) >= 11 is 18.5. The van der Waals surface area contributed by atoms with Crippen LogP contribution in [0.25, 0.3) is 22.5 Å². The predicted octanol–water partition coefficient (Wildman–Crippen LogP) is 18.6. The van der Waals surface area contributed by atoms with E-state index < -0.39 is 0 Å². The Bertz CT molecular complexity index is 5060. The van der Waals surface area contributed by atoms with Gasteiger partial charge in [-0.1, -0.05) is 117 Å². The number of hydrogen-bond donors (Lipinski definition) is 6. The highest BCUT2D eigenvalue weighted by Crippen LogP contribution is 2.45. The van der Waals surface area contributed by atoms with Crippen LogP contribution in [0.4, 0.5) is 0 Å². The SMILES string of the molecule is COC1=CCc2ccc(Br)cc21.N=NN=NCl.O=C1/C(=C/C2=CCc3ccc(Br)cc32)Oc2c1ccc(O)c2CN1CCCCC1.O=C1/C(=C/C2=CCc3ccc(Br)cc32)Oc2c1ccc(O)c2CN1CCNCC1.O=C1/C(=C/C2=CCc3ccc(Br)cc32)Oc2cc(O)ccc21.O=C1COc2cc(O)ccc21. The van der Waals surface area contributed by atoms with Crippen LogP contribution in [0.1, 0.15) is 116 Å². The Morgan fingerprint density at radius 2 is 0.907 bits per heavy atom. The monoisotopic (exact) mass is 1720 g/mol. The maximum Gasteiger partial charge on any atom is 0.231 e. The summed E-state index contributed by atoms with van der Waals surface area (Å²) in [6.45, 7) is 6.93. The molecule has 8 aromatic rings. The van der Waals surface area contributed by atoms with Gasteiger partial charge in [0.1, 0.15) is 51.8 Å². The molecule has 0 saturated carbocycles. The number of phenolic OH excluding ortho intramolecular Hbond substituents is 4. The van der Waals surface area contributed by atoms with Crippen molar-refractivity contribution in [2.24, 2.45) is 15.1 Å². The standard InChI is InChI=1S/C24H22BrNO3.C23H21BrN2O3.C18H11BrO3.C10H9BrO.C8H6O3.ClHN4/c25-17-7-6-15-4-5-16(19(15)13-17)12-22-23(28)18-8-9-21(27)20(24(18)29-22)14-26-10-2-1-3-11-26;24-16-4-3-14-1-2-15(18(14)12-16)11-21-22(28)17-5-6-20(27)19(23(17)29-21)13-26-9-7-25-8-10-26;19-12-4-3-10-1-2-11(15(10)8-12)7-17-18(21)14-6-5-13(20)9-16(14)22-17;1-12-10-5-3-7-2-4-8(11)6-9(7)10;9-5-1-2-6-7(10)4-11-8(6)3-5;1-3-5-4-2/h5-9,12-13,27H,1-4,10-11,14H2;2-6,11-12,25,27H,1,7-10,13H2;2-9,20H,1H2;2,4-6H,3H2,1H3;1-3,9H,4H2;2H/b22-12-;21-11-;17-7-;;;. The number of methoxy groups -OCH3 is 1. The molecule has 0 aromatic heterocycles. The molecule has 6 aliphatic heterocycles. The highest BCUT2D eigenvalue weighted by atomic mass is 79.9. The van der Waals surface area contributed by atoms with Crippen molar-refractivity contribution in [2.75, 3.05) is 53.0 Å². The number of ether oxygens (including phenoxy) is 5. The van der Waals surface area contributed by atoms with Gasteiger partial charge in [-0.05, 0) is 239 Å². The van der Waals surface area contributed by atoms with Crippen molar-refractivity contribution >= 4 is 121 Å². The Morgan fingerprint density at radius 1 is 0.491 bits per heavy atom. The number of allylic oxidation sites excluding steroid dienone is 13. The van der Waals surface area contributed by atoms with Crippen LogP contribution in [-0.4, -0.2) is 106 Å². The molecular weight excluding hydrogens is 1660 g/mol. The lowest BCUT2D eigenvalue weighted by Crippen LogP contribution is -2.42. The molecule has 108 heavy (non-hydrogen) atoms. The van der Waals surface area contributed by atoms with Crippen molar-refractivity contribution < 1.29 is 63.3 Å². The van der Waals surface area contributed by atoms with Crippen molar-refractivity contribution in [2.45, 2.75) is 58.0 Å². The van der Waals surface area contributed by atoms with Crippen LogP contribution < -0.4 is 24.3 Å². The summed E-state index contributed by atoms with van der Waals surface area (Å²) in [6, 6.07) is 40.4. The Kier molecular flexibility index (Phi) is 24.4. The lowest BCUT2D eigenvalue weighted by Gasteiger charge is -2.27. The molecule has 2 fully saturated rings. The Morgan fingerprint density at radius 3 is 1.37 bits per heavy atom. The van der Waals surface area contributed by atoms with Crippen LogP contribution in [0.5, 0.6) is 46.0 Å². The Hall–Kier alpha value is -9.89. The van der Waals surface area contributed by atoms with Gasteiger partial charge < -0.3 is 49.4 Å². The third-order valence-corrected chi connectivity index (χ3v) is 21.4. The van der Waals surface area contributed by atoms with Gasteiger partial charge in [0.2, 0.25) is 23.1 Å². The number of carbonyl (C=O) groups is 4. The second-order valence-corrected chi connectivity index (χ2v) is 30.0. The number of hydrogen-bond acceptors (Lipinski definition) is 18. The minimum absolute atomic E-state index is 0.0278. The average molecular weight is 1730 g/mol. The zero-order chi connectivity index (χ0) is 75.7. The summed E-state index contributed by atoms with van der Waals surface area (Å²) in [6.07, 6.45) is 21.0. The number of piperazine rings is 1. The van der Waals surface area contributed by atoms with Gasteiger partial charge in [-0.3, -0.25) is 29.0 Å². The Balaban J connectivity index is 0.000000122. The number of piperidine rings is 1. The van der Waals surface area contributed by atoms with Gasteiger partial charge in [0.05, 0.1) is 52.3 Å². The molecule has 4 aliphatic carbocycles. The van der Waals surface area contributed by atoms with E-state index in [1.54, 1.807) is 49.6 Å². The molecular formula is C83H70Br4ClN7O13. The number of carbonyl (C=O) groups excluding carboxylic acids is 4. The fourth-order valence-electron chi connectivity index (χ4n) is 13.9. The molecule has 6 heterocycles. The van der Waals surface area contributed by atoms with Gasteiger partial charge in [0.25, 0.3) is 0 Å². The van der Waals surface area contributed by atoms with Crippen LogP contribution in [0.15, 0.2) is 226 Å². The molecule has 0 radical (unpaired) electrons. The number of halogens is 5. The zero-order valence-electron chi connectivity index (χ0n) is 58.1. The number of aromatic hydroxyl groups is 4. The fraction of sp³-hybridized carbons (Fsp3) is 0.205. The van der Waals surface area contributed by atoms with Crippen LogP contribution >= 0.6 is 75.5 Å². The maximum atomic E-state index is 13.0. The molecule has 18 rings (SSSR count). The van der Waals surface area contributed by atoms with E-state index in [0.717, 1.165) is 122 Å². The number of phenols is 4.